The first-order valence-electron chi connectivity index (χ1n) is 6.89. The Morgan fingerprint density at radius 2 is 1.89 bits per heavy atom. The minimum absolute atomic E-state index is 0.0787. The van der Waals surface area contributed by atoms with Crippen molar-refractivity contribution >= 4 is 0 Å². The van der Waals surface area contributed by atoms with Gasteiger partial charge in [0.25, 0.3) is 0 Å². The van der Waals surface area contributed by atoms with Crippen LogP contribution in [0.3, 0.4) is 0 Å². The normalized spacial score (nSPS) is 13.6. The number of hydrogen-bond donors (Lipinski definition) is 1. The molecule has 1 rings (SSSR count). The third-order valence-corrected chi connectivity index (χ3v) is 3.62. The lowest BCUT2D eigenvalue weighted by atomic mass is 9.80. The molecule has 0 radical (unpaired) electrons. The minimum atomic E-state index is -0.247. The molecule has 2 nitrogen and oxygen atoms in total. The zero-order chi connectivity index (χ0) is 13.6. The van der Waals surface area contributed by atoms with E-state index in [0.29, 0.717) is 12.5 Å². The first-order valence-corrected chi connectivity index (χ1v) is 6.89. The maximum absolute atomic E-state index is 8.93. The first-order chi connectivity index (χ1) is 8.56. The molecule has 0 aliphatic rings. The third kappa shape index (κ3) is 3.56. The summed E-state index contributed by atoms with van der Waals surface area (Å²) < 4.78 is 5.84. The first kappa shape index (κ1) is 15.2. The highest BCUT2D eigenvalue weighted by Gasteiger charge is 2.31. The van der Waals surface area contributed by atoms with Crippen molar-refractivity contribution in [3.63, 3.8) is 0 Å². The molecular weight excluding hydrogens is 224 g/mol. The van der Waals surface area contributed by atoms with Gasteiger partial charge in [-0.15, -0.1) is 0 Å². The Hall–Kier alpha value is -0.860. The number of aliphatic hydroxyl groups excluding tert-OH is 1. The number of rotatable bonds is 7. The number of aryl methyl sites for hydroxylation is 1. The van der Waals surface area contributed by atoms with Crippen LogP contribution in [0.2, 0.25) is 0 Å². The predicted octanol–water partition coefficient (Wildman–Crippen LogP) is 3.53. The van der Waals surface area contributed by atoms with Crippen LogP contribution in [-0.2, 0) is 11.2 Å². The second-order valence-corrected chi connectivity index (χ2v) is 5.19. The lowest BCUT2D eigenvalue weighted by molar-refractivity contribution is -0.0517. The zero-order valence-electron chi connectivity index (χ0n) is 12.1. The van der Waals surface area contributed by atoms with Gasteiger partial charge in [-0.2, -0.15) is 0 Å². The fraction of sp³-hybridized carbons (Fsp3) is 0.625. The van der Waals surface area contributed by atoms with E-state index in [1.807, 2.05) is 0 Å². The quantitative estimate of drug-likeness (QED) is 0.802. The Labute approximate surface area is 111 Å². The molecular formula is C16H26O2. The van der Waals surface area contributed by atoms with Crippen molar-refractivity contribution in [1.82, 2.24) is 0 Å². The molecule has 0 aliphatic heterocycles. The van der Waals surface area contributed by atoms with E-state index >= 15 is 0 Å². The van der Waals surface area contributed by atoms with E-state index in [9.17, 15) is 0 Å². The molecule has 0 saturated heterocycles. The Bertz CT molecular complexity index is 358. The fourth-order valence-corrected chi connectivity index (χ4v) is 2.69. The molecule has 18 heavy (non-hydrogen) atoms. The monoisotopic (exact) mass is 250 g/mol. The van der Waals surface area contributed by atoms with Crippen LogP contribution >= 0.6 is 0 Å². The van der Waals surface area contributed by atoms with Crippen molar-refractivity contribution in [3.8, 4) is 0 Å². The van der Waals surface area contributed by atoms with Gasteiger partial charge in [0.15, 0.2) is 0 Å². The van der Waals surface area contributed by atoms with E-state index in [1.54, 1.807) is 0 Å². The van der Waals surface area contributed by atoms with Gasteiger partial charge in [0.05, 0.1) is 18.8 Å². The number of aliphatic hydroxyl groups is 1. The van der Waals surface area contributed by atoms with Gasteiger partial charge in [0.2, 0.25) is 0 Å². The van der Waals surface area contributed by atoms with Crippen molar-refractivity contribution in [1.29, 1.82) is 0 Å². The van der Waals surface area contributed by atoms with Gasteiger partial charge in [-0.3, -0.25) is 0 Å². The van der Waals surface area contributed by atoms with Gasteiger partial charge in [-0.25, -0.2) is 0 Å². The van der Waals surface area contributed by atoms with E-state index in [4.69, 9.17) is 9.84 Å². The summed E-state index contributed by atoms with van der Waals surface area (Å²) in [5, 5.41) is 8.93. The maximum Gasteiger partial charge on any atom is 0.0705 e. The number of ether oxygens (including phenoxy) is 1. The molecule has 1 aromatic rings. The van der Waals surface area contributed by atoms with Gasteiger partial charge in [-0.05, 0) is 37.8 Å². The van der Waals surface area contributed by atoms with E-state index < -0.39 is 0 Å². The summed E-state index contributed by atoms with van der Waals surface area (Å²) in [7, 11) is 0. The second kappa shape index (κ2) is 6.91. The Morgan fingerprint density at radius 3 is 2.44 bits per heavy atom. The average molecular weight is 250 g/mol. The molecule has 0 fully saturated rings. The molecule has 0 bridgehead atoms. The predicted molar refractivity (Wildman–Crippen MR) is 76.0 cm³/mol. The highest BCUT2D eigenvalue weighted by atomic mass is 16.5. The molecule has 2 heteroatoms. The smallest absolute Gasteiger partial charge is 0.0705 e. The Balaban J connectivity index is 3.01. The van der Waals surface area contributed by atoms with Crippen LogP contribution in [0.15, 0.2) is 24.3 Å². The molecule has 0 aromatic heterocycles. The van der Waals surface area contributed by atoms with Crippen molar-refractivity contribution in [3.05, 3.63) is 35.4 Å². The van der Waals surface area contributed by atoms with Gasteiger partial charge >= 0.3 is 0 Å². The summed E-state index contributed by atoms with van der Waals surface area (Å²) >= 11 is 0. The second-order valence-electron chi connectivity index (χ2n) is 5.19. The summed E-state index contributed by atoms with van der Waals surface area (Å²) in [6.45, 7) is 9.09. The van der Waals surface area contributed by atoms with E-state index in [-0.39, 0.29) is 12.2 Å². The Morgan fingerprint density at radius 1 is 1.22 bits per heavy atom. The molecule has 0 heterocycles. The van der Waals surface area contributed by atoms with Gasteiger partial charge < -0.3 is 9.84 Å². The van der Waals surface area contributed by atoms with Crippen LogP contribution in [0.25, 0.3) is 0 Å². The summed E-state index contributed by atoms with van der Waals surface area (Å²) in [5.74, 6) is 0.361. The maximum atomic E-state index is 8.93. The third-order valence-electron chi connectivity index (χ3n) is 3.62. The summed E-state index contributed by atoms with van der Waals surface area (Å²) in [6, 6.07) is 8.59. The summed E-state index contributed by atoms with van der Waals surface area (Å²) in [5.41, 5.74) is 2.53. The molecule has 0 spiro atoms. The molecule has 1 unspecified atom stereocenters. The van der Waals surface area contributed by atoms with Crippen LogP contribution in [-0.4, -0.2) is 23.9 Å². The topological polar surface area (TPSA) is 29.5 Å². The number of benzene rings is 1. The van der Waals surface area contributed by atoms with Gasteiger partial charge in [0.1, 0.15) is 0 Å². The van der Waals surface area contributed by atoms with Crippen LogP contribution in [0.4, 0.5) is 0 Å². The van der Waals surface area contributed by atoms with Crippen LogP contribution in [0.1, 0.15) is 51.2 Å². The van der Waals surface area contributed by atoms with Crippen molar-refractivity contribution in [2.75, 3.05) is 13.2 Å². The van der Waals surface area contributed by atoms with Gasteiger partial charge in [0, 0.05) is 5.92 Å². The molecule has 0 aliphatic carbocycles. The minimum Gasteiger partial charge on any atom is -0.394 e. The van der Waals surface area contributed by atoms with E-state index in [2.05, 4.69) is 52.0 Å². The van der Waals surface area contributed by atoms with Crippen molar-refractivity contribution in [2.24, 2.45) is 0 Å². The standard InChI is InChI=1S/C16H26O2/c1-5-13-9-7-8-10-14(13)15(6-2)16(3,4)18-12-11-17/h7-10,15,17H,5-6,11-12H2,1-4H3. The molecule has 1 atom stereocenters. The highest BCUT2D eigenvalue weighted by molar-refractivity contribution is 5.32. The lowest BCUT2D eigenvalue weighted by Gasteiger charge is -2.35. The Kier molecular flexibility index (Phi) is 5.83. The van der Waals surface area contributed by atoms with Crippen LogP contribution in [0, 0.1) is 0 Å². The van der Waals surface area contributed by atoms with E-state index in [0.717, 1.165) is 12.8 Å². The highest BCUT2D eigenvalue weighted by Crippen LogP contribution is 2.35. The fourth-order valence-electron chi connectivity index (χ4n) is 2.69. The molecule has 1 aromatic carbocycles. The van der Waals surface area contributed by atoms with Crippen molar-refractivity contribution in [2.45, 2.75) is 52.1 Å². The van der Waals surface area contributed by atoms with E-state index in [1.165, 1.54) is 11.1 Å². The average Bonchev–Trinajstić information content (AvgIpc) is 2.37. The largest absolute Gasteiger partial charge is 0.394 e. The number of hydrogen-bond acceptors (Lipinski definition) is 2. The van der Waals surface area contributed by atoms with Crippen LogP contribution < -0.4 is 0 Å². The van der Waals surface area contributed by atoms with Crippen LogP contribution in [0.5, 0.6) is 0 Å². The SMILES string of the molecule is CCc1ccccc1C(CC)C(C)(C)OCCO. The molecule has 0 saturated carbocycles. The molecule has 0 amide bonds. The zero-order valence-corrected chi connectivity index (χ0v) is 12.1. The molecule has 102 valence electrons. The summed E-state index contributed by atoms with van der Waals surface area (Å²) in [6.07, 6.45) is 2.08. The van der Waals surface area contributed by atoms with Gasteiger partial charge in [-0.1, -0.05) is 38.1 Å². The summed E-state index contributed by atoms with van der Waals surface area (Å²) in [4.78, 5) is 0. The van der Waals surface area contributed by atoms with Crippen molar-refractivity contribution < 1.29 is 9.84 Å². The molecule has 1 N–H and O–H groups in total. The lowest BCUT2D eigenvalue weighted by Crippen LogP contribution is -2.34.